The molecule has 1 aromatic carbocycles. The highest BCUT2D eigenvalue weighted by atomic mass is 35.5. The molecule has 1 saturated heterocycles. The molecule has 3 N–H and O–H groups in total. The van der Waals surface area contributed by atoms with Crippen LogP contribution in [0.2, 0.25) is 5.02 Å². The Hall–Kier alpha value is -3.00. The Bertz CT molecular complexity index is 1020. The number of pyridine rings is 1. The summed E-state index contributed by atoms with van der Waals surface area (Å²) in [6, 6.07) is 6.20. The number of hydrogen-bond donors (Lipinski definition) is 3. The maximum Gasteiger partial charge on any atom is 0.220 e. The lowest BCUT2D eigenvalue weighted by molar-refractivity contribution is -0.119. The second-order valence-corrected chi connectivity index (χ2v) is 7.53. The fraction of sp³-hybridized carbons (Fsp3) is 0.300. The Kier molecular flexibility index (Phi) is 5.44. The van der Waals surface area contributed by atoms with E-state index in [2.05, 4.69) is 25.8 Å². The SMILES string of the molecule is O=C1CC(CN=C2Cc3c(/C(Cc4ccc(F)c(Cl)c4)=N/O)ccnc3N2)CN1. The molecule has 1 aromatic heterocycles. The first-order valence-electron chi connectivity index (χ1n) is 9.23. The molecular formula is C20H19ClFN5O2. The van der Waals surface area contributed by atoms with Crippen molar-refractivity contribution >= 4 is 34.9 Å². The second-order valence-electron chi connectivity index (χ2n) is 7.12. The molecule has 0 spiro atoms. The van der Waals surface area contributed by atoms with Crippen molar-refractivity contribution in [3.63, 3.8) is 0 Å². The molecule has 150 valence electrons. The monoisotopic (exact) mass is 415 g/mol. The number of anilines is 1. The topological polar surface area (TPSA) is 99.0 Å². The summed E-state index contributed by atoms with van der Waals surface area (Å²) in [4.78, 5) is 20.3. The second kappa shape index (κ2) is 8.16. The van der Waals surface area contributed by atoms with Gasteiger partial charge in [-0.3, -0.25) is 9.79 Å². The number of oxime groups is 1. The third-order valence-electron chi connectivity index (χ3n) is 5.05. The fourth-order valence-electron chi connectivity index (χ4n) is 3.55. The number of aliphatic imine (C=N–C) groups is 1. The molecule has 0 aliphatic carbocycles. The number of carbonyl (C=O) groups excluding carboxylic acids is 1. The van der Waals surface area contributed by atoms with Crippen molar-refractivity contribution in [2.45, 2.75) is 19.3 Å². The van der Waals surface area contributed by atoms with Gasteiger partial charge in [-0.2, -0.15) is 0 Å². The Labute approximate surface area is 171 Å². The number of fused-ring (bicyclic) bond motifs is 1. The van der Waals surface area contributed by atoms with E-state index >= 15 is 0 Å². The van der Waals surface area contributed by atoms with E-state index in [1.165, 1.54) is 12.1 Å². The van der Waals surface area contributed by atoms with Crippen LogP contribution in [-0.4, -0.2) is 40.7 Å². The molecule has 3 heterocycles. The van der Waals surface area contributed by atoms with Gasteiger partial charge in [0.1, 0.15) is 17.5 Å². The molecule has 2 aliphatic heterocycles. The third-order valence-corrected chi connectivity index (χ3v) is 5.34. The maximum atomic E-state index is 13.4. The molecule has 1 unspecified atom stereocenters. The van der Waals surface area contributed by atoms with Crippen molar-refractivity contribution in [2.75, 3.05) is 18.4 Å². The summed E-state index contributed by atoms with van der Waals surface area (Å²) in [5, 5.41) is 19.1. The minimum Gasteiger partial charge on any atom is -0.411 e. The summed E-state index contributed by atoms with van der Waals surface area (Å²) < 4.78 is 13.4. The summed E-state index contributed by atoms with van der Waals surface area (Å²) in [5.41, 5.74) is 2.79. The minimum atomic E-state index is -0.494. The Morgan fingerprint density at radius 3 is 2.97 bits per heavy atom. The highest BCUT2D eigenvalue weighted by Crippen LogP contribution is 2.27. The zero-order valence-corrected chi connectivity index (χ0v) is 16.2. The van der Waals surface area contributed by atoms with E-state index in [1.807, 2.05) is 0 Å². The number of hydrogen-bond acceptors (Lipinski definition) is 5. The van der Waals surface area contributed by atoms with Gasteiger partial charge in [-0.25, -0.2) is 9.37 Å². The molecule has 29 heavy (non-hydrogen) atoms. The predicted molar refractivity (Wildman–Crippen MR) is 108 cm³/mol. The van der Waals surface area contributed by atoms with Gasteiger partial charge >= 0.3 is 0 Å². The van der Waals surface area contributed by atoms with Gasteiger partial charge in [-0.05, 0) is 23.8 Å². The zero-order chi connectivity index (χ0) is 20.4. The average Bonchev–Trinajstić information content (AvgIpc) is 3.32. The summed E-state index contributed by atoms with van der Waals surface area (Å²) in [7, 11) is 0. The third kappa shape index (κ3) is 4.22. The summed E-state index contributed by atoms with van der Waals surface area (Å²) in [6.07, 6.45) is 2.94. The van der Waals surface area contributed by atoms with E-state index in [0.717, 1.165) is 22.5 Å². The Morgan fingerprint density at radius 1 is 1.38 bits per heavy atom. The van der Waals surface area contributed by atoms with Crippen LogP contribution in [0, 0.1) is 11.7 Å². The summed E-state index contributed by atoms with van der Waals surface area (Å²) in [5.74, 6) is 1.20. The lowest BCUT2D eigenvalue weighted by Gasteiger charge is -2.09. The van der Waals surface area contributed by atoms with Crippen LogP contribution in [0.4, 0.5) is 10.2 Å². The van der Waals surface area contributed by atoms with Crippen LogP contribution in [0.15, 0.2) is 40.6 Å². The van der Waals surface area contributed by atoms with Crippen LogP contribution in [0.25, 0.3) is 0 Å². The fourth-order valence-corrected chi connectivity index (χ4v) is 3.76. The number of benzene rings is 1. The maximum absolute atomic E-state index is 13.4. The number of amides is 1. The first-order chi connectivity index (χ1) is 14.0. The summed E-state index contributed by atoms with van der Waals surface area (Å²) >= 11 is 5.86. The van der Waals surface area contributed by atoms with E-state index in [1.54, 1.807) is 18.3 Å². The van der Waals surface area contributed by atoms with Gasteiger partial charge in [0.2, 0.25) is 5.91 Å². The van der Waals surface area contributed by atoms with Crippen molar-refractivity contribution in [1.29, 1.82) is 0 Å². The number of carbonyl (C=O) groups is 1. The van der Waals surface area contributed by atoms with Gasteiger partial charge in [0.15, 0.2) is 0 Å². The molecule has 2 aliphatic rings. The van der Waals surface area contributed by atoms with Crippen LogP contribution in [-0.2, 0) is 17.6 Å². The predicted octanol–water partition coefficient (Wildman–Crippen LogP) is 2.80. The summed E-state index contributed by atoms with van der Waals surface area (Å²) in [6.45, 7) is 1.20. The molecule has 9 heteroatoms. The van der Waals surface area contributed by atoms with Crippen molar-refractivity contribution in [3.8, 4) is 0 Å². The largest absolute Gasteiger partial charge is 0.411 e. The molecule has 1 fully saturated rings. The van der Waals surface area contributed by atoms with Gasteiger partial charge < -0.3 is 15.8 Å². The molecule has 0 saturated carbocycles. The van der Waals surface area contributed by atoms with Crippen LogP contribution in [0.5, 0.6) is 0 Å². The van der Waals surface area contributed by atoms with Crippen molar-refractivity contribution in [3.05, 3.63) is 58.0 Å². The van der Waals surface area contributed by atoms with Gasteiger partial charge in [-0.1, -0.05) is 22.8 Å². The smallest absolute Gasteiger partial charge is 0.220 e. The zero-order valence-electron chi connectivity index (χ0n) is 15.5. The van der Waals surface area contributed by atoms with Crippen LogP contribution >= 0.6 is 11.6 Å². The lowest BCUT2D eigenvalue weighted by Crippen LogP contribution is -2.15. The van der Waals surface area contributed by atoms with E-state index in [9.17, 15) is 14.4 Å². The van der Waals surface area contributed by atoms with Gasteiger partial charge in [0, 0.05) is 55.6 Å². The molecule has 0 radical (unpaired) electrons. The molecule has 1 amide bonds. The Morgan fingerprint density at radius 2 is 2.24 bits per heavy atom. The van der Waals surface area contributed by atoms with Crippen molar-refractivity contribution in [1.82, 2.24) is 10.3 Å². The van der Waals surface area contributed by atoms with E-state index < -0.39 is 5.82 Å². The number of amidine groups is 1. The first-order valence-corrected chi connectivity index (χ1v) is 9.61. The van der Waals surface area contributed by atoms with E-state index in [-0.39, 0.29) is 23.3 Å². The molecular weight excluding hydrogens is 397 g/mol. The van der Waals surface area contributed by atoms with Crippen molar-refractivity contribution < 1.29 is 14.4 Å². The van der Waals surface area contributed by atoms with E-state index in [4.69, 9.17) is 11.6 Å². The number of rotatable bonds is 5. The average molecular weight is 416 g/mol. The minimum absolute atomic E-state index is 0.0238. The van der Waals surface area contributed by atoms with Crippen LogP contribution in [0.3, 0.4) is 0 Å². The highest BCUT2D eigenvalue weighted by Gasteiger charge is 2.25. The Balaban J connectivity index is 1.52. The number of aromatic nitrogens is 1. The van der Waals surface area contributed by atoms with Crippen LogP contribution in [0.1, 0.15) is 23.1 Å². The number of nitrogens with one attached hydrogen (secondary N) is 2. The normalized spacial score (nSPS) is 19.9. The van der Waals surface area contributed by atoms with Crippen LogP contribution < -0.4 is 10.6 Å². The standard InChI is InChI=1S/C20H19ClFN5O2/c21-15-5-11(1-2-16(15)22)6-17(27-29)13-3-4-23-20-14(13)8-18(26-20)24-9-12-7-19(28)25-10-12/h1-5,12,29H,6-10H2,(H,25,28)(H,23,24,26)/b27-17+. The molecule has 0 bridgehead atoms. The van der Waals surface area contributed by atoms with Gasteiger partial charge in [0.05, 0.1) is 10.7 Å². The number of nitrogens with zero attached hydrogens (tertiary/aromatic N) is 3. The molecule has 1 atom stereocenters. The molecule has 7 nitrogen and oxygen atoms in total. The van der Waals surface area contributed by atoms with Gasteiger partial charge in [0.25, 0.3) is 0 Å². The highest BCUT2D eigenvalue weighted by molar-refractivity contribution is 6.30. The molecule has 4 rings (SSSR count). The lowest BCUT2D eigenvalue weighted by atomic mass is 9.98. The molecule has 2 aromatic rings. The van der Waals surface area contributed by atoms with E-state index in [0.29, 0.717) is 37.5 Å². The van der Waals surface area contributed by atoms with Crippen molar-refractivity contribution in [2.24, 2.45) is 16.1 Å². The van der Waals surface area contributed by atoms with Gasteiger partial charge in [-0.15, -0.1) is 0 Å². The first kappa shape index (κ1) is 19.3. The number of halogens is 2. The quantitative estimate of drug-likeness (QED) is 0.397.